The molecule has 1 aromatic carbocycles. The minimum atomic E-state index is -0.837. The average molecular weight is 377 g/mol. The maximum Gasteiger partial charge on any atom is 0.311 e. The van der Waals surface area contributed by atoms with E-state index in [1.54, 1.807) is 12.1 Å². The zero-order valence-corrected chi connectivity index (χ0v) is 12.5. The van der Waals surface area contributed by atoms with E-state index in [9.17, 15) is 9.59 Å². The Morgan fingerprint density at radius 3 is 2.56 bits per heavy atom. The van der Waals surface area contributed by atoms with Crippen LogP contribution in [0.25, 0.3) is 0 Å². The monoisotopic (exact) mass is 375 g/mol. The van der Waals surface area contributed by atoms with Gasteiger partial charge >= 0.3 is 5.97 Å². The van der Waals surface area contributed by atoms with E-state index in [4.69, 9.17) is 5.11 Å². The number of amides is 1. The first-order valence-corrected chi connectivity index (χ1v) is 7.00. The third-order valence-corrected chi connectivity index (χ3v) is 4.25. The number of hydrogen-bond acceptors (Lipinski definition) is 2. The number of aliphatic carboxylic acids is 1. The topological polar surface area (TPSA) is 66.4 Å². The second kappa shape index (κ2) is 5.01. The molecular formula is C12H11Br2NO3. The minimum absolute atomic E-state index is 0.181. The summed E-state index contributed by atoms with van der Waals surface area (Å²) in [6.07, 6.45) is 1.25. The quantitative estimate of drug-likeness (QED) is 0.849. The number of rotatable bonds is 4. The number of hydrogen-bond donors (Lipinski definition) is 2. The molecule has 0 saturated heterocycles. The van der Waals surface area contributed by atoms with Crippen LogP contribution in [0.15, 0.2) is 27.1 Å². The molecule has 96 valence electrons. The molecule has 0 bridgehead atoms. The van der Waals surface area contributed by atoms with E-state index >= 15 is 0 Å². The molecule has 1 aromatic rings. The van der Waals surface area contributed by atoms with Crippen molar-refractivity contribution in [3.05, 3.63) is 32.7 Å². The van der Waals surface area contributed by atoms with Crippen molar-refractivity contribution in [2.45, 2.75) is 12.8 Å². The Bertz CT molecular complexity index is 512. The number of benzene rings is 1. The second-order valence-electron chi connectivity index (χ2n) is 4.39. The third kappa shape index (κ3) is 2.75. The SMILES string of the molecule is O=C(NCC1(C(=O)O)CC1)c1cc(Br)ccc1Br. The standard InChI is InChI=1S/C12H11Br2NO3/c13-7-1-2-9(14)8(5-7)10(16)15-6-12(3-4-12)11(17)18/h1-2,5H,3-4,6H2,(H,15,16)(H,17,18). The van der Waals surface area contributed by atoms with E-state index in [2.05, 4.69) is 37.2 Å². The first-order chi connectivity index (χ1) is 8.44. The van der Waals surface area contributed by atoms with Gasteiger partial charge in [-0.15, -0.1) is 0 Å². The van der Waals surface area contributed by atoms with Crippen molar-refractivity contribution < 1.29 is 14.7 Å². The van der Waals surface area contributed by atoms with Crippen molar-refractivity contribution in [1.82, 2.24) is 5.32 Å². The highest BCUT2D eigenvalue weighted by Crippen LogP contribution is 2.45. The average Bonchev–Trinajstić information content (AvgIpc) is 3.10. The summed E-state index contributed by atoms with van der Waals surface area (Å²) in [6.45, 7) is 0.181. The summed E-state index contributed by atoms with van der Waals surface area (Å²) in [5.74, 6) is -1.10. The van der Waals surface area contributed by atoms with Crippen molar-refractivity contribution in [3.8, 4) is 0 Å². The van der Waals surface area contributed by atoms with E-state index in [0.29, 0.717) is 22.9 Å². The van der Waals surface area contributed by atoms with Crippen LogP contribution in [0.5, 0.6) is 0 Å². The van der Waals surface area contributed by atoms with Crippen molar-refractivity contribution in [2.24, 2.45) is 5.41 Å². The number of carboxylic acid groups (broad SMARTS) is 1. The van der Waals surface area contributed by atoms with Crippen LogP contribution in [-0.2, 0) is 4.79 Å². The molecule has 0 unspecified atom stereocenters. The van der Waals surface area contributed by atoms with Gasteiger partial charge in [-0.3, -0.25) is 9.59 Å². The molecule has 4 nitrogen and oxygen atoms in total. The number of carbonyl (C=O) groups excluding carboxylic acids is 1. The molecule has 1 aliphatic carbocycles. The lowest BCUT2D eigenvalue weighted by Gasteiger charge is -2.12. The van der Waals surface area contributed by atoms with Crippen LogP contribution in [0.1, 0.15) is 23.2 Å². The molecule has 1 saturated carbocycles. The van der Waals surface area contributed by atoms with Gasteiger partial charge in [-0.1, -0.05) is 15.9 Å². The van der Waals surface area contributed by atoms with Crippen molar-refractivity contribution in [3.63, 3.8) is 0 Å². The molecule has 1 amide bonds. The predicted molar refractivity (Wildman–Crippen MR) is 73.5 cm³/mol. The van der Waals surface area contributed by atoms with Gasteiger partial charge in [0.2, 0.25) is 0 Å². The van der Waals surface area contributed by atoms with Gasteiger partial charge in [0.15, 0.2) is 0 Å². The smallest absolute Gasteiger partial charge is 0.311 e. The van der Waals surface area contributed by atoms with Crippen LogP contribution in [0.4, 0.5) is 0 Å². The lowest BCUT2D eigenvalue weighted by Crippen LogP contribution is -2.34. The van der Waals surface area contributed by atoms with Gasteiger partial charge < -0.3 is 10.4 Å². The van der Waals surface area contributed by atoms with Crippen molar-refractivity contribution in [2.75, 3.05) is 6.54 Å². The van der Waals surface area contributed by atoms with E-state index in [1.807, 2.05) is 6.07 Å². The fourth-order valence-electron chi connectivity index (χ4n) is 1.63. The van der Waals surface area contributed by atoms with Gasteiger partial charge in [0.25, 0.3) is 5.91 Å². The van der Waals surface area contributed by atoms with Crippen LogP contribution in [-0.4, -0.2) is 23.5 Å². The highest BCUT2D eigenvalue weighted by atomic mass is 79.9. The zero-order chi connectivity index (χ0) is 13.3. The molecule has 0 heterocycles. The Morgan fingerprint density at radius 1 is 1.33 bits per heavy atom. The van der Waals surface area contributed by atoms with E-state index < -0.39 is 11.4 Å². The molecule has 2 rings (SSSR count). The molecule has 6 heteroatoms. The normalized spacial score (nSPS) is 16.1. The number of carbonyl (C=O) groups is 2. The van der Waals surface area contributed by atoms with Gasteiger partial charge in [0, 0.05) is 15.5 Å². The summed E-state index contributed by atoms with van der Waals surface area (Å²) in [7, 11) is 0. The molecule has 1 aliphatic rings. The van der Waals surface area contributed by atoms with Crippen LogP contribution >= 0.6 is 31.9 Å². The number of carboxylic acids is 1. The maximum absolute atomic E-state index is 12.0. The van der Waals surface area contributed by atoms with Gasteiger partial charge in [0.1, 0.15) is 0 Å². The Hall–Kier alpha value is -0.880. The van der Waals surface area contributed by atoms with E-state index in [-0.39, 0.29) is 12.5 Å². The summed E-state index contributed by atoms with van der Waals surface area (Å²) in [5.41, 5.74) is -0.251. The highest BCUT2D eigenvalue weighted by molar-refractivity contribution is 9.11. The lowest BCUT2D eigenvalue weighted by atomic mass is 10.1. The van der Waals surface area contributed by atoms with E-state index in [0.717, 1.165) is 4.47 Å². The summed E-state index contributed by atoms with van der Waals surface area (Å²) in [6, 6.07) is 5.28. The molecule has 1 fully saturated rings. The molecule has 0 atom stereocenters. The van der Waals surface area contributed by atoms with Gasteiger partial charge in [-0.2, -0.15) is 0 Å². The Labute approximate surface area is 121 Å². The summed E-state index contributed by atoms with van der Waals surface area (Å²) < 4.78 is 1.48. The second-order valence-corrected chi connectivity index (χ2v) is 6.16. The summed E-state index contributed by atoms with van der Waals surface area (Å²) in [5, 5.41) is 11.7. The highest BCUT2D eigenvalue weighted by Gasteiger charge is 2.50. The molecule has 0 aromatic heterocycles. The van der Waals surface area contributed by atoms with Crippen LogP contribution < -0.4 is 5.32 Å². The Kier molecular flexibility index (Phi) is 3.77. The molecular weight excluding hydrogens is 366 g/mol. The van der Waals surface area contributed by atoms with Gasteiger partial charge in [-0.05, 0) is 47.0 Å². The third-order valence-electron chi connectivity index (χ3n) is 3.07. The van der Waals surface area contributed by atoms with Crippen molar-refractivity contribution >= 4 is 43.7 Å². The largest absolute Gasteiger partial charge is 0.481 e. The number of nitrogens with one attached hydrogen (secondary N) is 1. The zero-order valence-electron chi connectivity index (χ0n) is 9.37. The predicted octanol–water partition coefficient (Wildman–Crippen LogP) is 2.81. The minimum Gasteiger partial charge on any atom is -0.481 e. The van der Waals surface area contributed by atoms with Gasteiger partial charge in [0.05, 0.1) is 11.0 Å². The fourth-order valence-corrected chi connectivity index (χ4v) is 2.42. The Morgan fingerprint density at radius 2 is 2.00 bits per heavy atom. The molecule has 18 heavy (non-hydrogen) atoms. The lowest BCUT2D eigenvalue weighted by molar-refractivity contribution is -0.143. The fraction of sp³-hybridized carbons (Fsp3) is 0.333. The maximum atomic E-state index is 12.0. The summed E-state index contributed by atoms with van der Waals surface area (Å²) >= 11 is 6.59. The van der Waals surface area contributed by atoms with Gasteiger partial charge in [-0.25, -0.2) is 0 Å². The molecule has 0 spiro atoms. The first-order valence-electron chi connectivity index (χ1n) is 5.41. The first kappa shape index (κ1) is 13.5. The van der Waals surface area contributed by atoms with Crippen LogP contribution in [0.3, 0.4) is 0 Å². The van der Waals surface area contributed by atoms with Crippen LogP contribution in [0.2, 0.25) is 0 Å². The molecule has 0 radical (unpaired) electrons. The Balaban J connectivity index is 2.04. The summed E-state index contributed by atoms with van der Waals surface area (Å²) in [4.78, 5) is 22.9. The van der Waals surface area contributed by atoms with Crippen molar-refractivity contribution in [1.29, 1.82) is 0 Å². The van der Waals surface area contributed by atoms with E-state index in [1.165, 1.54) is 0 Å². The molecule has 0 aliphatic heterocycles. The van der Waals surface area contributed by atoms with Crippen LogP contribution in [0, 0.1) is 5.41 Å². The molecule has 2 N–H and O–H groups in total. The number of halogens is 2.